The molecule has 3 heterocycles. The van der Waals surface area contributed by atoms with Crippen molar-refractivity contribution in [3.8, 4) is 5.69 Å². The third-order valence-electron chi connectivity index (χ3n) is 3.97. The van der Waals surface area contributed by atoms with E-state index in [0.29, 0.717) is 40.4 Å². The standard InChI is InChI=1S/C18H16N6O2/c1-11-5-6-14(26-11)8-20-18(25)12-3-2-4-13(7-12)24-17-15(9-23-24)16(19)21-10-22-17/h2-7,9-10H,8H2,1H3,(H,20,25)(H2,19,21,22). The highest BCUT2D eigenvalue weighted by molar-refractivity contribution is 5.95. The molecule has 26 heavy (non-hydrogen) atoms. The average molecular weight is 348 g/mol. The van der Waals surface area contributed by atoms with E-state index in [9.17, 15) is 4.79 Å². The lowest BCUT2D eigenvalue weighted by atomic mass is 10.2. The molecule has 0 spiro atoms. The van der Waals surface area contributed by atoms with Gasteiger partial charge in [-0.25, -0.2) is 14.6 Å². The Morgan fingerprint density at radius 1 is 1.27 bits per heavy atom. The first-order chi connectivity index (χ1) is 12.6. The van der Waals surface area contributed by atoms with Gasteiger partial charge in [0.2, 0.25) is 0 Å². The topological polar surface area (TPSA) is 112 Å². The number of nitrogen functional groups attached to an aromatic ring is 1. The van der Waals surface area contributed by atoms with E-state index >= 15 is 0 Å². The maximum atomic E-state index is 12.4. The summed E-state index contributed by atoms with van der Waals surface area (Å²) in [4.78, 5) is 20.6. The molecule has 1 amide bonds. The minimum atomic E-state index is -0.202. The summed E-state index contributed by atoms with van der Waals surface area (Å²) in [5.41, 5.74) is 7.65. The number of aromatic nitrogens is 4. The molecule has 0 aliphatic heterocycles. The molecule has 0 aliphatic carbocycles. The Morgan fingerprint density at radius 2 is 2.15 bits per heavy atom. The molecular formula is C18H16N6O2. The van der Waals surface area contributed by atoms with Crippen LogP contribution in [0.3, 0.4) is 0 Å². The van der Waals surface area contributed by atoms with E-state index in [4.69, 9.17) is 10.2 Å². The summed E-state index contributed by atoms with van der Waals surface area (Å²) in [6.07, 6.45) is 2.99. The number of hydrogen-bond acceptors (Lipinski definition) is 6. The molecule has 0 bridgehead atoms. The SMILES string of the molecule is Cc1ccc(CNC(=O)c2cccc(-n3ncc4c(N)ncnc43)c2)o1. The van der Waals surface area contributed by atoms with E-state index in [2.05, 4.69) is 20.4 Å². The summed E-state index contributed by atoms with van der Waals surface area (Å²) in [6, 6.07) is 10.8. The minimum Gasteiger partial charge on any atom is -0.465 e. The molecule has 3 aromatic heterocycles. The predicted molar refractivity (Wildman–Crippen MR) is 95.7 cm³/mol. The van der Waals surface area contributed by atoms with Gasteiger partial charge in [-0.15, -0.1) is 0 Å². The normalized spacial score (nSPS) is 11.0. The first-order valence-electron chi connectivity index (χ1n) is 8.00. The highest BCUT2D eigenvalue weighted by Crippen LogP contribution is 2.20. The molecule has 0 atom stereocenters. The first kappa shape index (κ1) is 15.8. The van der Waals surface area contributed by atoms with Crippen LogP contribution in [0.15, 0.2) is 53.3 Å². The third kappa shape index (κ3) is 2.88. The number of carbonyl (C=O) groups is 1. The summed E-state index contributed by atoms with van der Waals surface area (Å²) in [5, 5.41) is 7.81. The van der Waals surface area contributed by atoms with Crippen LogP contribution in [0.1, 0.15) is 21.9 Å². The van der Waals surface area contributed by atoms with Crippen molar-refractivity contribution in [1.82, 2.24) is 25.1 Å². The van der Waals surface area contributed by atoms with Crippen LogP contribution < -0.4 is 11.1 Å². The van der Waals surface area contributed by atoms with Crippen LogP contribution in [0.2, 0.25) is 0 Å². The second kappa shape index (κ2) is 6.32. The molecular weight excluding hydrogens is 332 g/mol. The number of anilines is 1. The van der Waals surface area contributed by atoms with Crippen LogP contribution in [0.5, 0.6) is 0 Å². The van der Waals surface area contributed by atoms with E-state index in [0.717, 1.165) is 5.76 Å². The van der Waals surface area contributed by atoms with Crippen molar-refractivity contribution >= 4 is 22.8 Å². The number of aryl methyl sites for hydroxylation is 1. The summed E-state index contributed by atoms with van der Waals surface area (Å²) in [7, 11) is 0. The average Bonchev–Trinajstić information content (AvgIpc) is 3.27. The molecule has 0 saturated heterocycles. The molecule has 0 aliphatic rings. The fourth-order valence-corrected chi connectivity index (χ4v) is 2.68. The van der Waals surface area contributed by atoms with Crippen LogP contribution in [-0.2, 0) is 6.54 Å². The number of nitrogens with two attached hydrogens (primary N) is 1. The highest BCUT2D eigenvalue weighted by atomic mass is 16.3. The Bertz CT molecular complexity index is 1100. The smallest absolute Gasteiger partial charge is 0.251 e. The molecule has 8 nitrogen and oxygen atoms in total. The minimum absolute atomic E-state index is 0.202. The Balaban J connectivity index is 1.59. The number of amides is 1. The monoisotopic (exact) mass is 348 g/mol. The van der Waals surface area contributed by atoms with Crippen LogP contribution in [0.4, 0.5) is 5.82 Å². The van der Waals surface area contributed by atoms with E-state index < -0.39 is 0 Å². The van der Waals surface area contributed by atoms with Crippen LogP contribution in [0.25, 0.3) is 16.7 Å². The molecule has 0 saturated carbocycles. The number of nitrogens with one attached hydrogen (secondary N) is 1. The maximum Gasteiger partial charge on any atom is 0.251 e. The van der Waals surface area contributed by atoms with Crippen molar-refractivity contribution in [3.05, 3.63) is 66.0 Å². The van der Waals surface area contributed by atoms with Gasteiger partial charge in [0.15, 0.2) is 5.65 Å². The lowest BCUT2D eigenvalue weighted by molar-refractivity contribution is 0.0948. The van der Waals surface area contributed by atoms with Crippen molar-refractivity contribution in [2.45, 2.75) is 13.5 Å². The Kier molecular flexibility index (Phi) is 3.85. The van der Waals surface area contributed by atoms with Gasteiger partial charge >= 0.3 is 0 Å². The number of hydrogen-bond donors (Lipinski definition) is 2. The van der Waals surface area contributed by atoms with Crippen molar-refractivity contribution in [2.24, 2.45) is 0 Å². The quantitative estimate of drug-likeness (QED) is 0.585. The van der Waals surface area contributed by atoms with Crippen molar-refractivity contribution in [1.29, 1.82) is 0 Å². The molecule has 0 unspecified atom stereocenters. The molecule has 1 aromatic carbocycles. The molecule has 0 radical (unpaired) electrons. The first-order valence-corrected chi connectivity index (χ1v) is 8.00. The lowest BCUT2D eigenvalue weighted by Gasteiger charge is -2.07. The number of rotatable bonds is 4. The van der Waals surface area contributed by atoms with Gasteiger partial charge < -0.3 is 15.5 Å². The van der Waals surface area contributed by atoms with E-state index in [1.54, 1.807) is 29.1 Å². The van der Waals surface area contributed by atoms with E-state index in [1.165, 1.54) is 6.33 Å². The van der Waals surface area contributed by atoms with Gasteiger partial charge in [0.25, 0.3) is 5.91 Å². The summed E-state index contributed by atoms with van der Waals surface area (Å²) < 4.78 is 7.08. The molecule has 4 aromatic rings. The van der Waals surface area contributed by atoms with Crippen LogP contribution in [-0.4, -0.2) is 25.7 Å². The van der Waals surface area contributed by atoms with Gasteiger partial charge in [-0.2, -0.15) is 5.10 Å². The number of furan rings is 1. The molecule has 3 N–H and O–H groups in total. The third-order valence-corrected chi connectivity index (χ3v) is 3.97. The van der Waals surface area contributed by atoms with Crippen molar-refractivity contribution in [2.75, 3.05) is 5.73 Å². The molecule has 130 valence electrons. The lowest BCUT2D eigenvalue weighted by Crippen LogP contribution is -2.22. The fraction of sp³-hybridized carbons (Fsp3) is 0.111. The maximum absolute atomic E-state index is 12.4. The zero-order valence-corrected chi connectivity index (χ0v) is 14.0. The van der Waals surface area contributed by atoms with Gasteiger partial charge in [0.05, 0.1) is 23.8 Å². The Labute approximate surface area is 148 Å². The van der Waals surface area contributed by atoms with Gasteiger partial charge in [-0.3, -0.25) is 4.79 Å². The number of nitrogens with zero attached hydrogens (tertiary/aromatic N) is 4. The van der Waals surface area contributed by atoms with Crippen LogP contribution >= 0.6 is 0 Å². The summed E-state index contributed by atoms with van der Waals surface area (Å²) in [5.74, 6) is 1.68. The van der Waals surface area contributed by atoms with Gasteiger partial charge in [-0.1, -0.05) is 6.07 Å². The van der Waals surface area contributed by atoms with Gasteiger partial charge in [0.1, 0.15) is 23.7 Å². The predicted octanol–water partition coefficient (Wildman–Crippen LogP) is 2.23. The zero-order chi connectivity index (χ0) is 18.1. The molecule has 8 heteroatoms. The number of fused-ring (bicyclic) bond motifs is 1. The Morgan fingerprint density at radius 3 is 2.96 bits per heavy atom. The summed E-state index contributed by atoms with van der Waals surface area (Å²) >= 11 is 0. The number of benzene rings is 1. The summed E-state index contributed by atoms with van der Waals surface area (Å²) in [6.45, 7) is 2.19. The molecule has 4 rings (SSSR count). The van der Waals surface area contributed by atoms with E-state index in [1.807, 2.05) is 25.1 Å². The Hall–Kier alpha value is -3.68. The second-order valence-corrected chi connectivity index (χ2v) is 5.80. The van der Waals surface area contributed by atoms with Crippen molar-refractivity contribution in [3.63, 3.8) is 0 Å². The largest absolute Gasteiger partial charge is 0.465 e. The number of carbonyl (C=O) groups excluding carboxylic acids is 1. The van der Waals surface area contributed by atoms with Gasteiger partial charge in [0, 0.05) is 5.56 Å². The molecule has 0 fully saturated rings. The van der Waals surface area contributed by atoms with Crippen molar-refractivity contribution < 1.29 is 9.21 Å². The van der Waals surface area contributed by atoms with Gasteiger partial charge in [-0.05, 0) is 37.3 Å². The highest BCUT2D eigenvalue weighted by Gasteiger charge is 2.12. The zero-order valence-electron chi connectivity index (χ0n) is 14.0. The van der Waals surface area contributed by atoms with Crippen LogP contribution in [0, 0.1) is 6.92 Å². The fourth-order valence-electron chi connectivity index (χ4n) is 2.68. The van der Waals surface area contributed by atoms with E-state index in [-0.39, 0.29) is 5.91 Å². The second-order valence-electron chi connectivity index (χ2n) is 5.80.